The first kappa shape index (κ1) is 9.22. The highest BCUT2D eigenvalue weighted by Gasteiger charge is 2.34. The molecule has 13 heavy (non-hydrogen) atoms. The summed E-state index contributed by atoms with van der Waals surface area (Å²) < 4.78 is 0. The number of aliphatic hydroxyl groups is 1. The molecule has 2 aliphatic carbocycles. The zero-order valence-corrected chi connectivity index (χ0v) is 8.24. The van der Waals surface area contributed by atoms with Crippen molar-refractivity contribution in [2.24, 2.45) is 17.8 Å². The summed E-state index contributed by atoms with van der Waals surface area (Å²) in [6.07, 6.45) is 7.27. The van der Waals surface area contributed by atoms with E-state index in [1.165, 1.54) is 12.8 Å². The second-order valence-electron chi connectivity index (χ2n) is 4.55. The smallest absolute Gasteiger partial charge is 0.0636 e. The van der Waals surface area contributed by atoms with E-state index in [1.54, 1.807) is 0 Å². The molecule has 2 bridgehead atoms. The number of fused-ring (bicyclic) bond motifs is 2. The van der Waals surface area contributed by atoms with Gasteiger partial charge < -0.3 is 10.4 Å². The van der Waals surface area contributed by atoms with Gasteiger partial charge in [-0.2, -0.15) is 0 Å². The summed E-state index contributed by atoms with van der Waals surface area (Å²) in [7, 11) is 0. The number of aliphatic hydroxyl groups excluding tert-OH is 1. The Morgan fingerprint density at radius 2 is 2.31 bits per heavy atom. The van der Waals surface area contributed by atoms with Gasteiger partial charge in [-0.25, -0.2) is 0 Å². The molecule has 2 nitrogen and oxygen atoms in total. The number of hydrogen-bond acceptors (Lipinski definition) is 2. The Morgan fingerprint density at radius 1 is 1.46 bits per heavy atom. The molecule has 1 saturated carbocycles. The van der Waals surface area contributed by atoms with Crippen molar-refractivity contribution >= 4 is 0 Å². The molecule has 74 valence electrons. The van der Waals surface area contributed by atoms with Gasteiger partial charge in [0.1, 0.15) is 0 Å². The minimum Gasteiger partial charge on any atom is -0.392 e. The van der Waals surface area contributed by atoms with Crippen molar-refractivity contribution in [1.82, 2.24) is 5.32 Å². The molecule has 0 amide bonds. The molecule has 2 N–H and O–H groups in total. The van der Waals surface area contributed by atoms with Crippen molar-refractivity contribution in [3.8, 4) is 0 Å². The standard InChI is InChI=1S/C11H19NO/c1-8(13)6-12-7-11-5-9-2-3-10(11)4-9/h2-3,8-13H,4-7H2,1H3/t8-,9?,10?,11?/m0/s1. The first-order valence-corrected chi connectivity index (χ1v) is 5.33. The average Bonchev–Trinajstić information content (AvgIpc) is 2.64. The van der Waals surface area contributed by atoms with Gasteiger partial charge in [0.05, 0.1) is 6.10 Å². The molecule has 2 aliphatic rings. The summed E-state index contributed by atoms with van der Waals surface area (Å²) >= 11 is 0. The Kier molecular flexibility index (Phi) is 2.70. The summed E-state index contributed by atoms with van der Waals surface area (Å²) in [5, 5.41) is 12.4. The van der Waals surface area contributed by atoms with Crippen LogP contribution in [0.25, 0.3) is 0 Å². The van der Waals surface area contributed by atoms with Crippen molar-refractivity contribution in [2.75, 3.05) is 13.1 Å². The van der Waals surface area contributed by atoms with E-state index >= 15 is 0 Å². The number of nitrogens with one attached hydrogen (secondary N) is 1. The van der Waals surface area contributed by atoms with Crippen molar-refractivity contribution in [3.05, 3.63) is 12.2 Å². The average molecular weight is 181 g/mol. The SMILES string of the molecule is C[C@H](O)CNCC1CC2C=CC1C2. The van der Waals surface area contributed by atoms with Gasteiger partial charge in [0.15, 0.2) is 0 Å². The molecule has 0 aromatic carbocycles. The van der Waals surface area contributed by atoms with E-state index in [-0.39, 0.29) is 6.10 Å². The summed E-state index contributed by atoms with van der Waals surface area (Å²) in [4.78, 5) is 0. The maximum atomic E-state index is 9.08. The Bertz CT molecular complexity index is 200. The molecule has 0 heterocycles. The Morgan fingerprint density at radius 3 is 2.85 bits per heavy atom. The van der Waals surface area contributed by atoms with Crippen LogP contribution >= 0.6 is 0 Å². The van der Waals surface area contributed by atoms with E-state index in [0.29, 0.717) is 0 Å². The normalized spacial score (nSPS) is 38.5. The highest BCUT2D eigenvalue weighted by molar-refractivity contribution is 5.10. The predicted molar refractivity (Wildman–Crippen MR) is 53.4 cm³/mol. The third kappa shape index (κ3) is 2.12. The summed E-state index contributed by atoms with van der Waals surface area (Å²) in [5.41, 5.74) is 0. The molecule has 0 aromatic heterocycles. The van der Waals surface area contributed by atoms with Gasteiger partial charge >= 0.3 is 0 Å². The Labute approximate surface area is 80.0 Å². The van der Waals surface area contributed by atoms with E-state index in [4.69, 9.17) is 5.11 Å². The molecule has 0 radical (unpaired) electrons. The first-order chi connectivity index (χ1) is 6.25. The van der Waals surface area contributed by atoms with Gasteiger partial charge in [-0.05, 0) is 44.1 Å². The fraction of sp³-hybridized carbons (Fsp3) is 0.818. The van der Waals surface area contributed by atoms with E-state index in [0.717, 1.165) is 30.8 Å². The Hall–Kier alpha value is -0.340. The molecule has 4 atom stereocenters. The van der Waals surface area contributed by atoms with Crippen molar-refractivity contribution in [1.29, 1.82) is 0 Å². The molecule has 0 aromatic rings. The van der Waals surface area contributed by atoms with Gasteiger partial charge in [-0.3, -0.25) is 0 Å². The third-order valence-electron chi connectivity index (χ3n) is 3.26. The molecule has 2 heteroatoms. The van der Waals surface area contributed by atoms with Crippen LogP contribution in [0.2, 0.25) is 0 Å². The van der Waals surface area contributed by atoms with Crippen LogP contribution in [0.3, 0.4) is 0 Å². The second-order valence-corrected chi connectivity index (χ2v) is 4.55. The molecule has 0 saturated heterocycles. The van der Waals surface area contributed by atoms with Crippen molar-refractivity contribution < 1.29 is 5.11 Å². The fourth-order valence-electron chi connectivity index (χ4n) is 2.61. The van der Waals surface area contributed by atoms with Gasteiger partial charge in [-0.15, -0.1) is 0 Å². The molecule has 1 fully saturated rings. The largest absolute Gasteiger partial charge is 0.392 e. The maximum absolute atomic E-state index is 9.08. The number of rotatable bonds is 4. The highest BCUT2D eigenvalue weighted by atomic mass is 16.3. The van der Waals surface area contributed by atoms with Gasteiger partial charge in [0.25, 0.3) is 0 Å². The topological polar surface area (TPSA) is 32.3 Å². The summed E-state index contributed by atoms with van der Waals surface area (Å²) in [6.45, 7) is 3.64. The lowest BCUT2D eigenvalue weighted by atomic mass is 9.94. The summed E-state index contributed by atoms with van der Waals surface area (Å²) in [6, 6.07) is 0. The lowest BCUT2D eigenvalue weighted by molar-refractivity contribution is 0.188. The van der Waals surface area contributed by atoms with Crippen LogP contribution < -0.4 is 5.32 Å². The van der Waals surface area contributed by atoms with E-state index in [9.17, 15) is 0 Å². The lowest BCUT2D eigenvalue weighted by Crippen LogP contribution is -2.30. The van der Waals surface area contributed by atoms with Crippen LogP contribution in [0.1, 0.15) is 19.8 Å². The molecule has 2 rings (SSSR count). The van der Waals surface area contributed by atoms with E-state index in [1.807, 2.05) is 6.92 Å². The minimum atomic E-state index is -0.214. The monoisotopic (exact) mass is 181 g/mol. The minimum absolute atomic E-state index is 0.214. The second kappa shape index (κ2) is 3.81. The van der Waals surface area contributed by atoms with Crippen LogP contribution in [0.4, 0.5) is 0 Å². The zero-order valence-electron chi connectivity index (χ0n) is 8.24. The van der Waals surface area contributed by atoms with Crippen LogP contribution in [0, 0.1) is 17.8 Å². The Balaban J connectivity index is 1.69. The number of hydrogen-bond donors (Lipinski definition) is 2. The number of allylic oxidation sites excluding steroid dienone is 2. The first-order valence-electron chi connectivity index (χ1n) is 5.33. The van der Waals surface area contributed by atoms with Gasteiger partial charge in [0, 0.05) is 6.54 Å². The van der Waals surface area contributed by atoms with Crippen molar-refractivity contribution in [3.63, 3.8) is 0 Å². The highest BCUT2D eigenvalue weighted by Crippen LogP contribution is 2.42. The maximum Gasteiger partial charge on any atom is 0.0636 e. The van der Waals surface area contributed by atoms with E-state index < -0.39 is 0 Å². The molecule has 0 aliphatic heterocycles. The van der Waals surface area contributed by atoms with Crippen LogP contribution in [0.15, 0.2) is 12.2 Å². The summed E-state index contributed by atoms with van der Waals surface area (Å²) in [5.74, 6) is 2.52. The van der Waals surface area contributed by atoms with Crippen molar-refractivity contribution in [2.45, 2.75) is 25.9 Å². The lowest BCUT2D eigenvalue weighted by Gasteiger charge is -2.18. The predicted octanol–water partition coefficient (Wildman–Crippen LogP) is 1.17. The quantitative estimate of drug-likeness (QED) is 0.638. The van der Waals surface area contributed by atoms with Crippen LogP contribution in [-0.4, -0.2) is 24.3 Å². The molecular formula is C11H19NO. The van der Waals surface area contributed by atoms with E-state index in [2.05, 4.69) is 17.5 Å². The van der Waals surface area contributed by atoms with Gasteiger partial charge in [0.2, 0.25) is 0 Å². The molecule has 3 unspecified atom stereocenters. The molecule has 0 spiro atoms. The zero-order chi connectivity index (χ0) is 9.26. The third-order valence-corrected chi connectivity index (χ3v) is 3.26. The van der Waals surface area contributed by atoms with Crippen LogP contribution in [0.5, 0.6) is 0 Å². The molecular weight excluding hydrogens is 162 g/mol. The van der Waals surface area contributed by atoms with Crippen LogP contribution in [-0.2, 0) is 0 Å². The fourth-order valence-corrected chi connectivity index (χ4v) is 2.61. The van der Waals surface area contributed by atoms with Gasteiger partial charge in [-0.1, -0.05) is 12.2 Å².